The van der Waals surface area contributed by atoms with Gasteiger partial charge < -0.3 is 19.8 Å². The topological polar surface area (TPSA) is 66.7 Å². The summed E-state index contributed by atoms with van der Waals surface area (Å²) in [6.45, 7) is 7.30. The number of hydrogen-bond acceptors (Lipinski definition) is 5. The molecular formula is C15H24ClN3O3. The van der Waals surface area contributed by atoms with E-state index in [2.05, 4.69) is 15.5 Å². The zero-order valence-corrected chi connectivity index (χ0v) is 13.7. The van der Waals surface area contributed by atoms with Gasteiger partial charge in [-0.3, -0.25) is 9.69 Å². The molecule has 3 heterocycles. The second kappa shape index (κ2) is 7.97. The molecule has 2 N–H and O–H groups in total. The molecule has 3 rings (SSSR count). The van der Waals surface area contributed by atoms with Gasteiger partial charge in [-0.25, -0.2) is 0 Å². The molecule has 7 heteroatoms. The minimum atomic E-state index is 0. The molecule has 1 atom stereocenters. The molecule has 0 aromatic carbocycles. The standard InChI is InChI=1S/C15H23N3O3.ClH/c1-11-2-3-14(21-11)13(18-4-6-20-7-5-18)10-17-15(19)12-8-16-9-12;/h2-3,12-13,16H,4-10H2,1H3,(H,17,19);1H. The van der Waals surface area contributed by atoms with Crippen molar-refractivity contribution in [3.63, 3.8) is 0 Å². The van der Waals surface area contributed by atoms with Gasteiger partial charge in [0, 0.05) is 32.7 Å². The molecule has 2 saturated heterocycles. The van der Waals surface area contributed by atoms with Gasteiger partial charge in [-0.2, -0.15) is 0 Å². The number of halogens is 1. The number of rotatable bonds is 5. The molecule has 1 aromatic rings. The third-order valence-corrected chi connectivity index (χ3v) is 4.20. The molecule has 0 saturated carbocycles. The van der Waals surface area contributed by atoms with Crippen LogP contribution in [0.15, 0.2) is 16.5 Å². The number of ether oxygens (including phenoxy) is 1. The average molecular weight is 330 g/mol. The Morgan fingerprint density at radius 3 is 2.68 bits per heavy atom. The van der Waals surface area contributed by atoms with Crippen molar-refractivity contribution >= 4 is 18.3 Å². The van der Waals surface area contributed by atoms with Crippen molar-refractivity contribution < 1.29 is 13.9 Å². The van der Waals surface area contributed by atoms with Crippen molar-refractivity contribution in [3.8, 4) is 0 Å². The highest BCUT2D eigenvalue weighted by Crippen LogP contribution is 2.23. The second-order valence-electron chi connectivity index (χ2n) is 5.71. The first-order chi connectivity index (χ1) is 10.2. The Labute approximate surface area is 137 Å². The minimum absolute atomic E-state index is 0. The summed E-state index contributed by atoms with van der Waals surface area (Å²) < 4.78 is 11.2. The fraction of sp³-hybridized carbons (Fsp3) is 0.667. The zero-order valence-electron chi connectivity index (χ0n) is 12.8. The first-order valence-corrected chi connectivity index (χ1v) is 7.60. The van der Waals surface area contributed by atoms with E-state index in [1.807, 2.05) is 19.1 Å². The van der Waals surface area contributed by atoms with Crippen molar-refractivity contribution in [2.24, 2.45) is 5.92 Å². The smallest absolute Gasteiger partial charge is 0.225 e. The quantitative estimate of drug-likeness (QED) is 0.833. The minimum Gasteiger partial charge on any atom is -0.465 e. The predicted octanol–water partition coefficient (Wildman–Crippen LogP) is 0.719. The molecule has 2 fully saturated rings. The summed E-state index contributed by atoms with van der Waals surface area (Å²) in [6, 6.07) is 4.06. The number of furan rings is 1. The lowest BCUT2D eigenvalue weighted by molar-refractivity contribution is -0.126. The van der Waals surface area contributed by atoms with Crippen LogP contribution in [0.3, 0.4) is 0 Å². The molecule has 1 amide bonds. The van der Waals surface area contributed by atoms with Crippen LogP contribution in [-0.2, 0) is 9.53 Å². The summed E-state index contributed by atoms with van der Waals surface area (Å²) in [4.78, 5) is 14.3. The van der Waals surface area contributed by atoms with Gasteiger partial charge in [-0.15, -0.1) is 12.4 Å². The first kappa shape index (κ1) is 17.3. The maximum atomic E-state index is 12.0. The molecule has 1 unspecified atom stereocenters. The van der Waals surface area contributed by atoms with Crippen LogP contribution in [0.1, 0.15) is 17.6 Å². The maximum Gasteiger partial charge on any atom is 0.225 e. The number of nitrogens with zero attached hydrogens (tertiary/aromatic N) is 1. The molecule has 6 nitrogen and oxygen atoms in total. The summed E-state index contributed by atoms with van der Waals surface area (Å²) in [5, 5.41) is 6.19. The van der Waals surface area contributed by atoms with Crippen LogP contribution < -0.4 is 10.6 Å². The van der Waals surface area contributed by atoms with Crippen molar-refractivity contribution in [1.29, 1.82) is 0 Å². The van der Waals surface area contributed by atoms with Crippen molar-refractivity contribution in [3.05, 3.63) is 23.7 Å². The number of aryl methyl sites for hydroxylation is 1. The highest BCUT2D eigenvalue weighted by atomic mass is 35.5. The lowest BCUT2D eigenvalue weighted by atomic mass is 10.0. The van der Waals surface area contributed by atoms with E-state index < -0.39 is 0 Å². The Kier molecular flexibility index (Phi) is 6.26. The van der Waals surface area contributed by atoms with Gasteiger partial charge >= 0.3 is 0 Å². The SMILES string of the molecule is Cc1ccc(C(CNC(=O)C2CNC2)N2CCOCC2)o1.Cl. The summed E-state index contributed by atoms with van der Waals surface area (Å²) in [6.07, 6.45) is 0. The Bertz CT molecular complexity index is 484. The van der Waals surface area contributed by atoms with Gasteiger partial charge in [0.15, 0.2) is 0 Å². The van der Waals surface area contributed by atoms with E-state index >= 15 is 0 Å². The predicted molar refractivity (Wildman–Crippen MR) is 85.2 cm³/mol. The summed E-state index contributed by atoms with van der Waals surface area (Å²) in [5.74, 6) is 2.07. The number of amides is 1. The van der Waals surface area contributed by atoms with Gasteiger partial charge in [0.1, 0.15) is 11.5 Å². The lowest BCUT2D eigenvalue weighted by Crippen LogP contribution is -2.52. The molecule has 1 aromatic heterocycles. The summed E-state index contributed by atoms with van der Waals surface area (Å²) in [5.41, 5.74) is 0. The fourth-order valence-electron chi connectivity index (χ4n) is 2.75. The molecular weight excluding hydrogens is 306 g/mol. The third kappa shape index (κ3) is 4.01. The van der Waals surface area contributed by atoms with Crippen LogP contribution in [0.5, 0.6) is 0 Å². The zero-order chi connectivity index (χ0) is 14.7. The largest absolute Gasteiger partial charge is 0.465 e. The van der Waals surface area contributed by atoms with Crippen molar-refractivity contribution in [1.82, 2.24) is 15.5 Å². The van der Waals surface area contributed by atoms with E-state index in [0.29, 0.717) is 6.54 Å². The van der Waals surface area contributed by atoms with E-state index in [0.717, 1.165) is 50.9 Å². The van der Waals surface area contributed by atoms with Gasteiger partial charge in [0.2, 0.25) is 5.91 Å². The van der Waals surface area contributed by atoms with Crippen molar-refractivity contribution in [2.45, 2.75) is 13.0 Å². The van der Waals surface area contributed by atoms with Crippen LogP contribution in [0.2, 0.25) is 0 Å². The third-order valence-electron chi connectivity index (χ3n) is 4.20. The molecule has 0 aliphatic carbocycles. The monoisotopic (exact) mass is 329 g/mol. The molecule has 0 radical (unpaired) electrons. The second-order valence-corrected chi connectivity index (χ2v) is 5.71. The maximum absolute atomic E-state index is 12.0. The molecule has 124 valence electrons. The van der Waals surface area contributed by atoms with E-state index in [9.17, 15) is 4.79 Å². The Morgan fingerprint density at radius 1 is 1.41 bits per heavy atom. The van der Waals surface area contributed by atoms with Crippen molar-refractivity contribution in [2.75, 3.05) is 45.9 Å². The molecule has 0 spiro atoms. The van der Waals surface area contributed by atoms with Crippen LogP contribution in [-0.4, -0.2) is 56.7 Å². The van der Waals surface area contributed by atoms with E-state index in [-0.39, 0.29) is 30.3 Å². The van der Waals surface area contributed by atoms with Gasteiger partial charge in [-0.05, 0) is 19.1 Å². The van der Waals surface area contributed by atoms with Gasteiger partial charge in [0.05, 0.1) is 25.2 Å². The van der Waals surface area contributed by atoms with E-state index in [1.165, 1.54) is 0 Å². The number of carbonyl (C=O) groups is 1. The fourth-order valence-corrected chi connectivity index (χ4v) is 2.75. The van der Waals surface area contributed by atoms with Crippen LogP contribution in [0.25, 0.3) is 0 Å². The lowest BCUT2D eigenvalue weighted by Gasteiger charge is -2.34. The van der Waals surface area contributed by atoms with Crippen LogP contribution >= 0.6 is 12.4 Å². The van der Waals surface area contributed by atoms with Crippen LogP contribution in [0, 0.1) is 12.8 Å². The Balaban J connectivity index is 0.00000176. The van der Waals surface area contributed by atoms with E-state index in [4.69, 9.17) is 9.15 Å². The van der Waals surface area contributed by atoms with Gasteiger partial charge in [-0.1, -0.05) is 0 Å². The highest BCUT2D eigenvalue weighted by Gasteiger charge is 2.29. The normalized spacial score (nSPS) is 20.8. The van der Waals surface area contributed by atoms with E-state index in [1.54, 1.807) is 0 Å². The molecule has 2 aliphatic rings. The summed E-state index contributed by atoms with van der Waals surface area (Å²) in [7, 11) is 0. The highest BCUT2D eigenvalue weighted by molar-refractivity contribution is 5.85. The Morgan fingerprint density at radius 2 is 2.14 bits per heavy atom. The molecule has 0 bridgehead atoms. The summed E-state index contributed by atoms with van der Waals surface area (Å²) >= 11 is 0. The molecule has 22 heavy (non-hydrogen) atoms. The first-order valence-electron chi connectivity index (χ1n) is 7.60. The number of hydrogen-bond donors (Lipinski definition) is 2. The Hall–Kier alpha value is -1.08. The molecule has 2 aliphatic heterocycles. The number of nitrogens with one attached hydrogen (secondary N) is 2. The van der Waals surface area contributed by atoms with Gasteiger partial charge in [0.25, 0.3) is 0 Å². The number of morpholine rings is 1. The number of carbonyl (C=O) groups excluding carboxylic acids is 1. The average Bonchev–Trinajstić information content (AvgIpc) is 2.85. The van der Waals surface area contributed by atoms with Crippen LogP contribution in [0.4, 0.5) is 0 Å².